The predicted octanol–water partition coefficient (Wildman–Crippen LogP) is 3.51. The number of carboxylic acids is 1. The molecule has 0 heterocycles. The molecule has 1 aromatic carbocycles. The fourth-order valence-corrected chi connectivity index (χ4v) is 2.68. The van der Waals surface area contributed by atoms with E-state index in [9.17, 15) is 9.59 Å². The van der Waals surface area contributed by atoms with Gasteiger partial charge < -0.3 is 15.7 Å². The minimum Gasteiger partial charge on any atom is -0.481 e. The van der Waals surface area contributed by atoms with Crippen molar-refractivity contribution in [3.8, 4) is 0 Å². The molecule has 1 aliphatic carbocycles. The number of carboxylic acid groups (broad SMARTS) is 1. The van der Waals surface area contributed by atoms with Gasteiger partial charge in [0, 0.05) is 5.02 Å². The Morgan fingerprint density at radius 1 is 1.30 bits per heavy atom. The van der Waals surface area contributed by atoms with Crippen LogP contribution in [-0.2, 0) is 4.79 Å². The van der Waals surface area contributed by atoms with Gasteiger partial charge in [0.2, 0.25) is 0 Å². The molecular formula is C13H14Cl2N2O3. The van der Waals surface area contributed by atoms with Gasteiger partial charge in [0.15, 0.2) is 0 Å². The van der Waals surface area contributed by atoms with E-state index in [0.29, 0.717) is 28.6 Å². The van der Waals surface area contributed by atoms with Crippen LogP contribution in [-0.4, -0.2) is 22.6 Å². The molecule has 7 heteroatoms. The fourth-order valence-electron chi connectivity index (χ4n) is 2.22. The standard InChI is InChI=1S/C13H14Cl2N2O3/c14-8-2-3-10(9(15)6-8)16-12(20)17-13(4-1-5-13)7-11(18)19/h2-3,6H,1,4-5,7H2,(H,18,19)(H2,16,17,20). The highest BCUT2D eigenvalue weighted by Crippen LogP contribution is 2.35. The van der Waals surface area contributed by atoms with Gasteiger partial charge in [-0.3, -0.25) is 4.79 Å². The average molecular weight is 317 g/mol. The minimum atomic E-state index is -0.922. The number of aliphatic carboxylic acids is 1. The molecule has 5 nitrogen and oxygen atoms in total. The van der Waals surface area contributed by atoms with E-state index >= 15 is 0 Å². The summed E-state index contributed by atoms with van der Waals surface area (Å²) >= 11 is 11.7. The van der Waals surface area contributed by atoms with E-state index in [-0.39, 0.29) is 6.42 Å². The Balaban J connectivity index is 1.99. The van der Waals surface area contributed by atoms with Crippen molar-refractivity contribution in [1.82, 2.24) is 5.32 Å². The molecule has 0 atom stereocenters. The molecule has 1 aliphatic rings. The van der Waals surface area contributed by atoms with E-state index in [2.05, 4.69) is 10.6 Å². The average Bonchev–Trinajstić information content (AvgIpc) is 2.29. The maximum atomic E-state index is 11.9. The van der Waals surface area contributed by atoms with Gasteiger partial charge in [0.1, 0.15) is 0 Å². The highest BCUT2D eigenvalue weighted by Gasteiger charge is 2.40. The van der Waals surface area contributed by atoms with Crippen molar-refractivity contribution in [2.75, 3.05) is 5.32 Å². The molecule has 2 amide bonds. The molecule has 2 rings (SSSR count). The van der Waals surface area contributed by atoms with E-state index in [1.165, 1.54) is 6.07 Å². The lowest BCUT2D eigenvalue weighted by Crippen LogP contribution is -2.55. The summed E-state index contributed by atoms with van der Waals surface area (Å²) in [5.74, 6) is -0.922. The van der Waals surface area contributed by atoms with Crippen LogP contribution in [0.3, 0.4) is 0 Å². The van der Waals surface area contributed by atoms with Crippen molar-refractivity contribution in [3.05, 3.63) is 28.2 Å². The van der Waals surface area contributed by atoms with Crippen LogP contribution in [0.4, 0.5) is 10.5 Å². The first-order valence-corrected chi connectivity index (χ1v) is 6.92. The zero-order chi connectivity index (χ0) is 14.8. The molecule has 0 aliphatic heterocycles. The molecule has 0 radical (unpaired) electrons. The fraction of sp³-hybridized carbons (Fsp3) is 0.385. The second-order valence-corrected chi connectivity index (χ2v) is 5.75. The molecule has 0 spiro atoms. The number of anilines is 1. The third kappa shape index (κ3) is 3.55. The molecule has 1 fully saturated rings. The monoisotopic (exact) mass is 316 g/mol. The molecule has 20 heavy (non-hydrogen) atoms. The molecule has 0 saturated heterocycles. The number of benzene rings is 1. The maximum Gasteiger partial charge on any atom is 0.319 e. The first kappa shape index (κ1) is 14.9. The first-order valence-electron chi connectivity index (χ1n) is 6.16. The van der Waals surface area contributed by atoms with Crippen LogP contribution in [0.5, 0.6) is 0 Å². The SMILES string of the molecule is O=C(O)CC1(NC(=O)Nc2ccc(Cl)cc2Cl)CCC1. The van der Waals surface area contributed by atoms with Crippen molar-refractivity contribution in [2.24, 2.45) is 0 Å². The number of carbonyl (C=O) groups is 2. The Bertz CT molecular complexity index is 544. The Labute approximate surface area is 126 Å². The summed E-state index contributed by atoms with van der Waals surface area (Å²) in [6.45, 7) is 0. The Morgan fingerprint density at radius 3 is 2.50 bits per heavy atom. The number of hydrogen-bond donors (Lipinski definition) is 3. The van der Waals surface area contributed by atoms with Gasteiger partial charge in [-0.15, -0.1) is 0 Å². The zero-order valence-corrected chi connectivity index (χ0v) is 12.1. The van der Waals surface area contributed by atoms with Crippen LogP contribution in [0.25, 0.3) is 0 Å². The normalized spacial score (nSPS) is 16.1. The van der Waals surface area contributed by atoms with E-state index < -0.39 is 17.5 Å². The van der Waals surface area contributed by atoms with Crippen molar-refractivity contribution in [1.29, 1.82) is 0 Å². The molecule has 0 unspecified atom stereocenters. The van der Waals surface area contributed by atoms with E-state index in [1.54, 1.807) is 12.1 Å². The summed E-state index contributed by atoms with van der Waals surface area (Å²) < 4.78 is 0. The van der Waals surface area contributed by atoms with Crippen LogP contribution in [0.1, 0.15) is 25.7 Å². The first-order chi connectivity index (χ1) is 9.40. The van der Waals surface area contributed by atoms with Crippen LogP contribution < -0.4 is 10.6 Å². The van der Waals surface area contributed by atoms with Gasteiger partial charge in [0.25, 0.3) is 0 Å². The second-order valence-electron chi connectivity index (χ2n) is 4.91. The predicted molar refractivity (Wildman–Crippen MR) is 77.5 cm³/mol. The largest absolute Gasteiger partial charge is 0.481 e. The lowest BCUT2D eigenvalue weighted by molar-refractivity contribution is -0.139. The molecule has 108 valence electrons. The van der Waals surface area contributed by atoms with Gasteiger partial charge in [0.05, 0.1) is 22.7 Å². The van der Waals surface area contributed by atoms with Crippen molar-refractivity contribution < 1.29 is 14.7 Å². The van der Waals surface area contributed by atoms with E-state index in [0.717, 1.165) is 6.42 Å². The van der Waals surface area contributed by atoms with E-state index in [4.69, 9.17) is 28.3 Å². The summed E-state index contributed by atoms with van der Waals surface area (Å²) in [6, 6.07) is 4.26. The Morgan fingerprint density at radius 2 is 2.00 bits per heavy atom. The molecule has 0 aromatic heterocycles. The third-order valence-electron chi connectivity index (χ3n) is 3.36. The molecule has 1 aromatic rings. The van der Waals surface area contributed by atoms with Gasteiger partial charge in [-0.2, -0.15) is 0 Å². The smallest absolute Gasteiger partial charge is 0.319 e. The summed E-state index contributed by atoms with van der Waals surface area (Å²) in [4.78, 5) is 22.8. The van der Waals surface area contributed by atoms with Crippen LogP contribution in [0.2, 0.25) is 10.0 Å². The number of urea groups is 1. The maximum absolute atomic E-state index is 11.9. The zero-order valence-electron chi connectivity index (χ0n) is 10.6. The molecule has 3 N–H and O–H groups in total. The van der Waals surface area contributed by atoms with Gasteiger partial charge in [-0.05, 0) is 37.5 Å². The summed E-state index contributed by atoms with van der Waals surface area (Å²) in [7, 11) is 0. The molecule has 1 saturated carbocycles. The Kier molecular flexibility index (Phi) is 4.40. The number of amides is 2. The van der Waals surface area contributed by atoms with Gasteiger partial charge >= 0.3 is 12.0 Å². The number of rotatable bonds is 4. The highest BCUT2D eigenvalue weighted by atomic mass is 35.5. The topological polar surface area (TPSA) is 78.4 Å². The van der Waals surface area contributed by atoms with Crippen molar-refractivity contribution in [2.45, 2.75) is 31.2 Å². The van der Waals surface area contributed by atoms with Gasteiger partial charge in [-0.1, -0.05) is 23.2 Å². The van der Waals surface area contributed by atoms with Crippen molar-refractivity contribution in [3.63, 3.8) is 0 Å². The van der Waals surface area contributed by atoms with Crippen LogP contribution in [0.15, 0.2) is 18.2 Å². The lowest BCUT2D eigenvalue weighted by atomic mass is 9.74. The Hall–Kier alpha value is -1.46. The summed E-state index contributed by atoms with van der Waals surface area (Å²) in [6.07, 6.45) is 2.17. The number of carbonyl (C=O) groups excluding carboxylic acids is 1. The van der Waals surface area contributed by atoms with Crippen LogP contribution in [0, 0.1) is 0 Å². The van der Waals surface area contributed by atoms with Crippen molar-refractivity contribution >= 4 is 40.9 Å². The highest BCUT2D eigenvalue weighted by molar-refractivity contribution is 6.36. The quantitative estimate of drug-likeness (QED) is 0.795. The molecular weight excluding hydrogens is 303 g/mol. The molecule has 0 bridgehead atoms. The number of hydrogen-bond acceptors (Lipinski definition) is 2. The number of nitrogens with one attached hydrogen (secondary N) is 2. The summed E-state index contributed by atoms with van der Waals surface area (Å²) in [5, 5.41) is 15.0. The van der Waals surface area contributed by atoms with Crippen LogP contribution >= 0.6 is 23.2 Å². The second kappa shape index (κ2) is 5.89. The van der Waals surface area contributed by atoms with Gasteiger partial charge in [-0.25, -0.2) is 4.79 Å². The third-order valence-corrected chi connectivity index (χ3v) is 3.91. The lowest BCUT2D eigenvalue weighted by Gasteiger charge is -2.41. The summed E-state index contributed by atoms with van der Waals surface area (Å²) in [5.41, 5.74) is -0.215. The minimum absolute atomic E-state index is 0.0746. The van der Waals surface area contributed by atoms with E-state index in [1.807, 2.05) is 0 Å². The number of halogens is 2.